The summed E-state index contributed by atoms with van der Waals surface area (Å²) in [5, 5.41) is 5.05. The van der Waals surface area contributed by atoms with Gasteiger partial charge in [-0.05, 0) is 43.6 Å². The molecule has 0 radical (unpaired) electrons. The molecule has 1 aromatic carbocycles. The Morgan fingerprint density at radius 2 is 1.92 bits per heavy atom. The van der Waals surface area contributed by atoms with Gasteiger partial charge in [-0.15, -0.1) is 11.3 Å². The highest BCUT2D eigenvalue weighted by Crippen LogP contribution is 2.19. The minimum Gasteiger partial charge on any atom is -0.494 e. The molecule has 2 aromatic rings. The number of amides is 2. The molecule has 26 heavy (non-hydrogen) atoms. The summed E-state index contributed by atoms with van der Waals surface area (Å²) in [5.74, 6) is 0.762. The van der Waals surface area contributed by atoms with Crippen LogP contribution in [0.1, 0.15) is 25.6 Å². The van der Waals surface area contributed by atoms with E-state index in [1.165, 1.54) is 4.88 Å². The summed E-state index contributed by atoms with van der Waals surface area (Å²) < 4.78 is 5.51. The topological polar surface area (TPSA) is 44.8 Å². The van der Waals surface area contributed by atoms with Crippen molar-refractivity contribution in [2.24, 2.45) is 0 Å². The highest BCUT2D eigenvalue weighted by Gasteiger charge is 2.16. The van der Waals surface area contributed by atoms with Crippen LogP contribution in [0.25, 0.3) is 0 Å². The lowest BCUT2D eigenvalue weighted by Crippen LogP contribution is -2.40. The zero-order valence-corrected chi connectivity index (χ0v) is 16.7. The minimum atomic E-state index is -0.0841. The fourth-order valence-electron chi connectivity index (χ4n) is 2.68. The summed E-state index contributed by atoms with van der Waals surface area (Å²) in [6.07, 6.45) is 0. The van der Waals surface area contributed by atoms with Gasteiger partial charge < -0.3 is 19.9 Å². The van der Waals surface area contributed by atoms with E-state index in [-0.39, 0.29) is 6.03 Å². The first-order chi connectivity index (χ1) is 12.7. The van der Waals surface area contributed by atoms with Crippen LogP contribution in [-0.4, -0.2) is 48.6 Å². The average molecular weight is 376 g/mol. The molecule has 5 nitrogen and oxygen atoms in total. The third-order valence-corrected chi connectivity index (χ3v) is 5.05. The largest absolute Gasteiger partial charge is 0.494 e. The van der Waals surface area contributed by atoms with Gasteiger partial charge in [0.15, 0.2) is 0 Å². The Hall–Kier alpha value is -2.05. The van der Waals surface area contributed by atoms with Crippen molar-refractivity contribution in [1.82, 2.24) is 9.80 Å². The van der Waals surface area contributed by atoms with E-state index >= 15 is 0 Å². The molecule has 1 N–H and O–H groups in total. The van der Waals surface area contributed by atoms with Crippen LogP contribution in [0.2, 0.25) is 0 Å². The van der Waals surface area contributed by atoms with Gasteiger partial charge in [0.05, 0.1) is 13.2 Å². The number of carbonyl (C=O) groups is 1. The highest BCUT2D eigenvalue weighted by molar-refractivity contribution is 7.09. The molecule has 0 saturated heterocycles. The highest BCUT2D eigenvalue weighted by atomic mass is 32.1. The van der Waals surface area contributed by atoms with Crippen molar-refractivity contribution in [3.8, 4) is 5.75 Å². The summed E-state index contributed by atoms with van der Waals surface area (Å²) in [4.78, 5) is 18.2. The smallest absolute Gasteiger partial charge is 0.322 e. The third-order valence-electron chi connectivity index (χ3n) is 4.19. The van der Waals surface area contributed by atoms with Crippen LogP contribution in [0, 0.1) is 0 Å². The molecule has 0 unspecified atom stereocenters. The maximum absolute atomic E-state index is 12.9. The molecule has 0 saturated carbocycles. The van der Waals surface area contributed by atoms with E-state index in [0.717, 1.165) is 31.1 Å². The quantitative estimate of drug-likeness (QED) is 0.664. The van der Waals surface area contributed by atoms with Crippen molar-refractivity contribution in [3.63, 3.8) is 0 Å². The van der Waals surface area contributed by atoms with Gasteiger partial charge in [-0.3, -0.25) is 0 Å². The summed E-state index contributed by atoms with van der Waals surface area (Å²) in [6, 6.07) is 11.5. The molecule has 1 heterocycles. The number of nitrogens with one attached hydrogen (secondary N) is 1. The zero-order chi connectivity index (χ0) is 18.8. The molecule has 0 atom stereocenters. The summed E-state index contributed by atoms with van der Waals surface area (Å²) >= 11 is 1.67. The number of thiophene rings is 1. The second-order valence-corrected chi connectivity index (χ2v) is 6.95. The molecule has 2 rings (SSSR count). The van der Waals surface area contributed by atoms with Gasteiger partial charge >= 0.3 is 6.03 Å². The van der Waals surface area contributed by atoms with Crippen molar-refractivity contribution in [2.75, 3.05) is 38.1 Å². The molecule has 0 aliphatic rings. The summed E-state index contributed by atoms with van der Waals surface area (Å²) in [6.45, 7) is 11.0. The molecule has 6 heteroatoms. The molecule has 142 valence electrons. The molecule has 2 amide bonds. The second-order valence-electron chi connectivity index (χ2n) is 5.92. The third kappa shape index (κ3) is 6.35. The van der Waals surface area contributed by atoms with Crippen LogP contribution in [0.15, 0.2) is 41.8 Å². The number of hydrogen-bond acceptors (Lipinski definition) is 4. The molecule has 0 spiro atoms. The van der Waals surface area contributed by atoms with Crippen LogP contribution in [0.3, 0.4) is 0 Å². The summed E-state index contributed by atoms with van der Waals surface area (Å²) in [5.41, 5.74) is 0.750. The molecule has 0 bridgehead atoms. The van der Waals surface area contributed by atoms with E-state index in [1.54, 1.807) is 11.3 Å². The Bertz CT molecular complexity index is 657. The Labute approximate surface area is 160 Å². The minimum absolute atomic E-state index is 0.0841. The zero-order valence-electron chi connectivity index (χ0n) is 15.9. The van der Waals surface area contributed by atoms with Crippen LogP contribution in [0.5, 0.6) is 5.75 Å². The van der Waals surface area contributed by atoms with E-state index in [4.69, 9.17) is 4.74 Å². The van der Waals surface area contributed by atoms with Crippen molar-refractivity contribution < 1.29 is 9.53 Å². The maximum Gasteiger partial charge on any atom is 0.322 e. The number of carbonyl (C=O) groups excluding carboxylic acids is 1. The normalized spacial score (nSPS) is 10.8. The van der Waals surface area contributed by atoms with Crippen molar-refractivity contribution in [2.45, 2.75) is 27.3 Å². The number of anilines is 1. The Morgan fingerprint density at radius 3 is 2.58 bits per heavy atom. The number of benzene rings is 1. The predicted octanol–water partition coefficient (Wildman–Crippen LogP) is 4.52. The van der Waals surface area contributed by atoms with Crippen LogP contribution < -0.4 is 10.1 Å². The number of likely N-dealkylation sites (N-methyl/N-ethyl adjacent to an activating group) is 1. The molecule has 0 fully saturated rings. The number of urea groups is 1. The molecule has 0 aliphatic heterocycles. The van der Waals surface area contributed by atoms with Gasteiger partial charge in [-0.25, -0.2) is 4.79 Å². The fourth-order valence-corrected chi connectivity index (χ4v) is 3.40. The number of ether oxygens (including phenoxy) is 1. The van der Waals surface area contributed by atoms with Gasteiger partial charge in [-0.2, -0.15) is 0 Å². The monoisotopic (exact) mass is 375 g/mol. The number of nitrogens with zero attached hydrogens (tertiary/aromatic N) is 2. The van der Waals surface area contributed by atoms with E-state index in [9.17, 15) is 4.79 Å². The lowest BCUT2D eigenvalue weighted by atomic mass is 10.3. The van der Waals surface area contributed by atoms with Gasteiger partial charge in [-0.1, -0.05) is 26.0 Å². The van der Waals surface area contributed by atoms with Crippen molar-refractivity contribution >= 4 is 23.1 Å². The molecule has 1 aromatic heterocycles. The molecular weight excluding hydrogens is 346 g/mol. The Morgan fingerprint density at radius 1 is 1.12 bits per heavy atom. The maximum atomic E-state index is 12.9. The lowest BCUT2D eigenvalue weighted by molar-refractivity contribution is 0.195. The SMILES string of the molecule is CCOc1cccc(NC(=O)N(CCN(CC)CC)Cc2cccs2)c1. The summed E-state index contributed by atoms with van der Waals surface area (Å²) in [7, 11) is 0. The van der Waals surface area contributed by atoms with Gasteiger partial charge in [0.25, 0.3) is 0 Å². The lowest BCUT2D eigenvalue weighted by Gasteiger charge is -2.26. The van der Waals surface area contributed by atoms with E-state index in [0.29, 0.717) is 19.7 Å². The molecule has 0 aliphatic carbocycles. The van der Waals surface area contributed by atoms with Crippen LogP contribution in [0.4, 0.5) is 10.5 Å². The van der Waals surface area contributed by atoms with E-state index in [1.807, 2.05) is 47.5 Å². The van der Waals surface area contributed by atoms with Crippen molar-refractivity contribution in [3.05, 3.63) is 46.7 Å². The van der Waals surface area contributed by atoms with Crippen LogP contribution >= 0.6 is 11.3 Å². The predicted molar refractivity (Wildman–Crippen MR) is 109 cm³/mol. The van der Waals surface area contributed by atoms with E-state index in [2.05, 4.69) is 30.1 Å². The second kappa shape index (κ2) is 10.8. The van der Waals surface area contributed by atoms with Gasteiger partial charge in [0.1, 0.15) is 5.75 Å². The number of hydrogen-bond donors (Lipinski definition) is 1. The number of rotatable bonds is 10. The van der Waals surface area contributed by atoms with Gasteiger partial charge in [0, 0.05) is 29.7 Å². The standard InChI is InChI=1S/C20H29N3O2S/c1-4-22(5-2)12-13-23(16-19-11-8-14-26-19)20(24)21-17-9-7-10-18(15-17)25-6-3/h7-11,14-15H,4-6,12-13,16H2,1-3H3,(H,21,24). The van der Waals surface area contributed by atoms with Gasteiger partial charge in [0.2, 0.25) is 0 Å². The first-order valence-corrected chi connectivity index (χ1v) is 10.1. The Balaban J connectivity index is 2.04. The molecular formula is C20H29N3O2S. The first kappa shape index (κ1) is 20.3. The van der Waals surface area contributed by atoms with Crippen LogP contribution in [-0.2, 0) is 6.54 Å². The van der Waals surface area contributed by atoms with E-state index < -0.39 is 0 Å². The first-order valence-electron chi connectivity index (χ1n) is 9.19. The fraction of sp³-hybridized carbons (Fsp3) is 0.450. The van der Waals surface area contributed by atoms with Crippen molar-refractivity contribution in [1.29, 1.82) is 0 Å². The average Bonchev–Trinajstić information content (AvgIpc) is 3.15. The Kier molecular flexibility index (Phi) is 8.44.